The fraction of sp³-hybridized carbons (Fsp3) is 0.900. The first kappa shape index (κ1) is 11.5. The zero-order chi connectivity index (χ0) is 10.4. The number of carbonyl (C=O) groups is 1. The maximum absolute atomic E-state index is 11.1. The molecule has 4 nitrogen and oxygen atoms in total. The number of hydrogen-bond acceptors (Lipinski definition) is 4. The molecule has 1 aliphatic rings. The SMILES string of the molecule is CCOC(=O)CCC(C)C1OCCO1. The second-order valence-electron chi connectivity index (χ2n) is 3.43. The molecular weight excluding hydrogens is 184 g/mol. The minimum Gasteiger partial charge on any atom is -0.466 e. The van der Waals surface area contributed by atoms with Gasteiger partial charge in [0.05, 0.1) is 19.8 Å². The van der Waals surface area contributed by atoms with Crippen LogP contribution in [0.4, 0.5) is 0 Å². The summed E-state index contributed by atoms with van der Waals surface area (Å²) in [5.41, 5.74) is 0. The van der Waals surface area contributed by atoms with Crippen molar-refractivity contribution in [1.82, 2.24) is 0 Å². The molecule has 1 heterocycles. The van der Waals surface area contributed by atoms with Crippen molar-refractivity contribution < 1.29 is 19.0 Å². The molecule has 0 bridgehead atoms. The van der Waals surface area contributed by atoms with Gasteiger partial charge in [-0.2, -0.15) is 0 Å². The van der Waals surface area contributed by atoms with Gasteiger partial charge >= 0.3 is 5.97 Å². The van der Waals surface area contributed by atoms with Gasteiger partial charge in [-0.05, 0) is 13.3 Å². The van der Waals surface area contributed by atoms with Gasteiger partial charge in [-0.25, -0.2) is 0 Å². The summed E-state index contributed by atoms with van der Waals surface area (Å²) in [4.78, 5) is 11.1. The molecule has 82 valence electrons. The molecule has 0 spiro atoms. The lowest BCUT2D eigenvalue weighted by Crippen LogP contribution is -2.19. The number of esters is 1. The molecule has 4 heteroatoms. The van der Waals surface area contributed by atoms with Crippen LogP contribution in [0.2, 0.25) is 0 Å². The second kappa shape index (κ2) is 5.98. The number of rotatable bonds is 5. The van der Waals surface area contributed by atoms with E-state index in [1.54, 1.807) is 0 Å². The van der Waals surface area contributed by atoms with Crippen molar-refractivity contribution in [3.8, 4) is 0 Å². The molecule has 1 aliphatic heterocycles. The topological polar surface area (TPSA) is 44.8 Å². The number of ether oxygens (including phenoxy) is 3. The lowest BCUT2D eigenvalue weighted by atomic mass is 10.1. The largest absolute Gasteiger partial charge is 0.466 e. The van der Waals surface area contributed by atoms with E-state index in [9.17, 15) is 4.79 Å². The van der Waals surface area contributed by atoms with Crippen molar-refractivity contribution in [2.24, 2.45) is 5.92 Å². The first-order chi connectivity index (χ1) is 6.74. The summed E-state index contributed by atoms with van der Waals surface area (Å²) in [6.45, 7) is 5.60. The fourth-order valence-corrected chi connectivity index (χ4v) is 1.42. The van der Waals surface area contributed by atoms with Gasteiger partial charge in [-0.15, -0.1) is 0 Å². The van der Waals surface area contributed by atoms with E-state index in [1.165, 1.54) is 0 Å². The number of carbonyl (C=O) groups excluding carboxylic acids is 1. The summed E-state index contributed by atoms with van der Waals surface area (Å²) in [5.74, 6) is 0.110. The van der Waals surface area contributed by atoms with Crippen molar-refractivity contribution in [3.05, 3.63) is 0 Å². The molecule has 0 aromatic heterocycles. The molecule has 0 radical (unpaired) electrons. The highest BCUT2D eigenvalue weighted by molar-refractivity contribution is 5.69. The van der Waals surface area contributed by atoms with Gasteiger partial charge < -0.3 is 14.2 Å². The quantitative estimate of drug-likeness (QED) is 0.631. The smallest absolute Gasteiger partial charge is 0.305 e. The van der Waals surface area contributed by atoms with E-state index in [0.29, 0.717) is 26.2 Å². The maximum Gasteiger partial charge on any atom is 0.305 e. The van der Waals surface area contributed by atoms with Crippen LogP contribution < -0.4 is 0 Å². The zero-order valence-corrected chi connectivity index (χ0v) is 8.82. The van der Waals surface area contributed by atoms with Crippen LogP contribution in [-0.2, 0) is 19.0 Å². The average Bonchev–Trinajstić information content (AvgIpc) is 2.67. The van der Waals surface area contributed by atoms with Crippen LogP contribution in [0.5, 0.6) is 0 Å². The Bertz CT molecular complexity index is 175. The molecule has 0 aromatic rings. The Kier molecular flexibility index (Phi) is 4.90. The van der Waals surface area contributed by atoms with Crippen LogP contribution in [0.25, 0.3) is 0 Å². The highest BCUT2D eigenvalue weighted by atomic mass is 16.7. The third-order valence-corrected chi connectivity index (χ3v) is 2.22. The van der Waals surface area contributed by atoms with Crippen LogP contribution in [0.3, 0.4) is 0 Å². The Hall–Kier alpha value is -0.610. The van der Waals surface area contributed by atoms with Gasteiger partial charge in [0.15, 0.2) is 6.29 Å². The minimum absolute atomic E-state index is 0.135. The monoisotopic (exact) mass is 202 g/mol. The summed E-state index contributed by atoms with van der Waals surface area (Å²) in [6.07, 6.45) is 1.06. The maximum atomic E-state index is 11.1. The Morgan fingerprint density at radius 2 is 2.14 bits per heavy atom. The molecule has 1 saturated heterocycles. The Morgan fingerprint density at radius 3 is 2.71 bits per heavy atom. The molecule has 1 unspecified atom stereocenters. The van der Waals surface area contributed by atoms with E-state index < -0.39 is 0 Å². The Labute approximate surface area is 84.5 Å². The summed E-state index contributed by atoms with van der Waals surface area (Å²) in [7, 11) is 0. The van der Waals surface area contributed by atoms with Crippen LogP contribution in [0, 0.1) is 5.92 Å². The van der Waals surface area contributed by atoms with E-state index in [0.717, 1.165) is 6.42 Å². The molecule has 0 aromatic carbocycles. The van der Waals surface area contributed by atoms with E-state index >= 15 is 0 Å². The lowest BCUT2D eigenvalue weighted by molar-refractivity contribution is -0.144. The van der Waals surface area contributed by atoms with Crippen LogP contribution in [0.15, 0.2) is 0 Å². The van der Waals surface area contributed by atoms with Crippen LogP contribution in [-0.4, -0.2) is 32.1 Å². The summed E-state index contributed by atoms with van der Waals surface area (Å²) in [5, 5.41) is 0. The molecule has 0 amide bonds. The first-order valence-corrected chi connectivity index (χ1v) is 5.13. The lowest BCUT2D eigenvalue weighted by Gasteiger charge is -2.16. The molecule has 0 aliphatic carbocycles. The highest BCUT2D eigenvalue weighted by Gasteiger charge is 2.23. The van der Waals surface area contributed by atoms with E-state index in [2.05, 4.69) is 0 Å². The normalized spacial score (nSPS) is 19.6. The predicted octanol–water partition coefficient (Wildman–Crippen LogP) is 1.34. The van der Waals surface area contributed by atoms with E-state index in [-0.39, 0.29) is 18.2 Å². The van der Waals surface area contributed by atoms with Crippen molar-refractivity contribution in [1.29, 1.82) is 0 Å². The van der Waals surface area contributed by atoms with Gasteiger partial charge in [0.25, 0.3) is 0 Å². The standard InChI is InChI=1S/C10H18O4/c1-3-12-9(11)5-4-8(2)10-13-6-7-14-10/h8,10H,3-7H2,1-2H3. The molecular formula is C10H18O4. The Balaban J connectivity index is 2.13. The third-order valence-electron chi connectivity index (χ3n) is 2.22. The third kappa shape index (κ3) is 3.64. The molecule has 1 fully saturated rings. The van der Waals surface area contributed by atoms with Crippen molar-refractivity contribution in [2.45, 2.75) is 33.0 Å². The van der Waals surface area contributed by atoms with E-state index in [1.807, 2.05) is 13.8 Å². The molecule has 1 rings (SSSR count). The molecule has 1 atom stereocenters. The molecule has 0 saturated carbocycles. The van der Waals surface area contributed by atoms with Crippen LogP contribution >= 0.6 is 0 Å². The second-order valence-corrected chi connectivity index (χ2v) is 3.43. The first-order valence-electron chi connectivity index (χ1n) is 5.13. The zero-order valence-electron chi connectivity index (χ0n) is 8.82. The van der Waals surface area contributed by atoms with Gasteiger partial charge in [-0.3, -0.25) is 4.79 Å². The Morgan fingerprint density at radius 1 is 1.50 bits per heavy atom. The van der Waals surface area contributed by atoms with Crippen molar-refractivity contribution in [3.63, 3.8) is 0 Å². The molecule has 14 heavy (non-hydrogen) atoms. The minimum atomic E-state index is -0.141. The average molecular weight is 202 g/mol. The van der Waals surface area contributed by atoms with Crippen LogP contribution in [0.1, 0.15) is 26.7 Å². The highest BCUT2D eigenvalue weighted by Crippen LogP contribution is 2.18. The van der Waals surface area contributed by atoms with Gasteiger partial charge in [0, 0.05) is 12.3 Å². The van der Waals surface area contributed by atoms with Crippen molar-refractivity contribution in [2.75, 3.05) is 19.8 Å². The summed E-state index contributed by atoms with van der Waals surface area (Å²) < 4.78 is 15.5. The van der Waals surface area contributed by atoms with Gasteiger partial charge in [0.2, 0.25) is 0 Å². The summed E-state index contributed by atoms with van der Waals surface area (Å²) in [6, 6.07) is 0. The van der Waals surface area contributed by atoms with E-state index in [4.69, 9.17) is 14.2 Å². The van der Waals surface area contributed by atoms with Crippen molar-refractivity contribution >= 4 is 5.97 Å². The predicted molar refractivity (Wildman–Crippen MR) is 50.7 cm³/mol. The van der Waals surface area contributed by atoms with Gasteiger partial charge in [-0.1, -0.05) is 6.92 Å². The molecule has 0 N–H and O–H groups in total. The van der Waals surface area contributed by atoms with Gasteiger partial charge in [0.1, 0.15) is 0 Å². The summed E-state index contributed by atoms with van der Waals surface area (Å²) >= 11 is 0. The fourth-order valence-electron chi connectivity index (χ4n) is 1.42. The number of hydrogen-bond donors (Lipinski definition) is 0.